The number of carbonyl (C=O) groups is 1. The summed E-state index contributed by atoms with van der Waals surface area (Å²) >= 11 is 6.11. The molecule has 7 heteroatoms. The standard InChI is InChI=1S/C26H26ClN3O3/c1-32-19-8-6-9-20(18-19)33-17-16-30-24-13-5-4-12-23(24)29-25(30)14-7-15-28-26(31)21-10-2-3-11-22(21)27/h2-6,8-13,18H,7,14-17H2,1H3,(H,28,31). The molecule has 0 fully saturated rings. The van der Waals surface area contributed by atoms with E-state index in [1.54, 1.807) is 25.3 Å². The zero-order valence-corrected chi connectivity index (χ0v) is 19.2. The summed E-state index contributed by atoms with van der Waals surface area (Å²) in [6.07, 6.45) is 1.49. The number of amides is 1. The van der Waals surface area contributed by atoms with E-state index in [1.807, 2.05) is 48.5 Å². The highest BCUT2D eigenvalue weighted by Gasteiger charge is 2.12. The molecule has 0 unspecified atom stereocenters. The van der Waals surface area contributed by atoms with E-state index in [1.165, 1.54) is 0 Å². The number of methoxy groups -OCH3 is 1. The maximum atomic E-state index is 12.4. The second-order valence-corrected chi connectivity index (χ2v) is 7.94. The lowest BCUT2D eigenvalue weighted by atomic mass is 10.2. The van der Waals surface area contributed by atoms with Crippen LogP contribution in [0, 0.1) is 0 Å². The lowest BCUT2D eigenvalue weighted by molar-refractivity contribution is 0.0953. The molecule has 0 saturated heterocycles. The first-order valence-electron chi connectivity index (χ1n) is 10.9. The Morgan fingerprint density at radius 2 is 1.82 bits per heavy atom. The predicted octanol–water partition coefficient (Wildman–Crippen LogP) is 5.14. The van der Waals surface area contributed by atoms with Crippen molar-refractivity contribution in [3.8, 4) is 11.5 Å². The van der Waals surface area contributed by atoms with E-state index in [0.29, 0.717) is 30.3 Å². The monoisotopic (exact) mass is 463 g/mol. The molecular weight excluding hydrogens is 438 g/mol. The van der Waals surface area contributed by atoms with Crippen LogP contribution in [-0.4, -0.2) is 35.7 Å². The minimum absolute atomic E-state index is 0.166. The summed E-state index contributed by atoms with van der Waals surface area (Å²) < 4.78 is 13.4. The van der Waals surface area contributed by atoms with Crippen molar-refractivity contribution in [3.05, 3.63) is 89.2 Å². The Kier molecular flexibility index (Phi) is 7.47. The number of hydrogen-bond donors (Lipinski definition) is 1. The molecule has 1 amide bonds. The number of rotatable bonds is 10. The van der Waals surface area contributed by atoms with E-state index < -0.39 is 0 Å². The van der Waals surface area contributed by atoms with Crippen LogP contribution in [0.25, 0.3) is 11.0 Å². The van der Waals surface area contributed by atoms with Gasteiger partial charge in [-0.25, -0.2) is 4.98 Å². The summed E-state index contributed by atoms with van der Waals surface area (Å²) in [5, 5.41) is 3.39. The van der Waals surface area contributed by atoms with Crippen LogP contribution in [0.5, 0.6) is 11.5 Å². The van der Waals surface area contributed by atoms with Crippen LogP contribution in [-0.2, 0) is 13.0 Å². The second-order valence-electron chi connectivity index (χ2n) is 7.54. The fourth-order valence-corrected chi connectivity index (χ4v) is 3.92. The Hall–Kier alpha value is -3.51. The quantitative estimate of drug-likeness (QED) is 0.331. The third-order valence-electron chi connectivity index (χ3n) is 5.34. The van der Waals surface area contributed by atoms with Gasteiger partial charge >= 0.3 is 0 Å². The van der Waals surface area contributed by atoms with Crippen LogP contribution in [0.2, 0.25) is 5.02 Å². The van der Waals surface area contributed by atoms with Crippen molar-refractivity contribution < 1.29 is 14.3 Å². The third-order valence-corrected chi connectivity index (χ3v) is 5.67. The van der Waals surface area contributed by atoms with Crippen LogP contribution >= 0.6 is 11.6 Å². The van der Waals surface area contributed by atoms with Gasteiger partial charge in [-0.1, -0.05) is 41.9 Å². The SMILES string of the molecule is COc1cccc(OCCn2c(CCCNC(=O)c3ccccc3Cl)nc3ccccc32)c1. The first-order valence-corrected chi connectivity index (χ1v) is 11.3. The van der Waals surface area contributed by atoms with Crippen LogP contribution in [0.15, 0.2) is 72.8 Å². The fraction of sp³-hybridized carbons (Fsp3) is 0.231. The number of nitrogens with zero attached hydrogens (tertiary/aromatic N) is 2. The molecule has 0 aliphatic carbocycles. The molecule has 1 heterocycles. The maximum absolute atomic E-state index is 12.4. The highest BCUT2D eigenvalue weighted by Crippen LogP contribution is 2.20. The Balaban J connectivity index is 1.37. The largest absolute Gasteiger partial charge is 0.497 e. The van der Waals surface area contributed by atoms with Crippen LogP contribution < -0.4 is 14.8 Å². The van der Waals surface area contributed by atoms with Crippen molar-refractivity contribution in [1.29, 1.82) is 0 Å². The summed E-state index contributed by atoms with van der Waals surface area (Å²) in [5.74, 6) is 2.33. The van der Waals surface area contributed by atoms with Crippen molar-refractivity contribution in [2.24, 2.45) is 0 Å². The Morgan fingerprint density at radius 3 is 2.67 bits per heavy atom. The van der Waals surface area contributed by atoms with Gasteiger partial charge in [-0.15, -0.1) is 0 Å². The van der Waals surface area contributed by atoms with Gasteiger partial charge in [0.05, 0.1) is 35.3 Å². The van der Waals surface area contributed by atoms with Gasteiger partial charge in [0, 0.05) is 19.0 Å². The number of carbonyl (C=O) groups excluding carboxylic acids is 1. The smallest absolute Gasteiger partial charge is 0.252 e. The zero-order chi connectivity index (χ0) is 23.0. The molecule has 0 atom stereocenters. The number of para-hydroxylation sites is 2. The van der Waals surface area contributed by atoms with Gasteiger partial charge in [-0.2, -0.15) is 0 Å². The molecule has 0 saturated carbocycles. The molecule has 33 heavy (non-hydrogen) atoms. The fourth-order valence-electron chi connectivity index (χ4n) is 3.70. The summed E-state index contributed by atoms with van der Waals surface area (Å²) in [6, 6.07) is 22.7. The molecule has 0 aliphatic heterocycles. The predicted molar refractivity (Wildman–Crippen MR) is 130 cm³/mol. The van der Waals surface area contributed by atoms with E-state index in [0.717, 1.165) is 41.2 Å². The van der Waals surface area contributed by atoms with E-state index in [4.69, 9.17) is 26.1 Å². The lowest BCUT2D eigenvalue weighted by Gasteiger charge is -2.12. The zero-order valence-electron chi connectivity index (χ0n) is 18.5. The average Bonchev–Trinajstić information content (AvgIpc) is 3.19. The summed E-state index contributed by atoms with van der Waals surface area (Å²) in [4.78, 5) is 17.2. The molecular formula is C26H26ClN3O3. The summed E-state index contributed by atoms with van der Waals surface area (Å²) in [6.45, 7) is 1.70. The molecule has 0 aliphatic rings. The summed E-state index contributed by atoms with van der Waals surface area (Å²) in [5.41, 5.74) is 2.51. The molecule has 3 aromatic carbocycles. The molecule has 6 nitrogen and oxygen atoms in total. The molecule has 0 spiro atoms. The van der Waals surface area contributed by atoms with E-state index in [-0.39, 0.29) is 5.91 Å². The average molecular weight is 464 g/mol. The van der Waals surface area contributed by atoms with Crippen LogP contribution in [0.1, 0.15) is 22.6 Å². The van der Waals surface area contributed by atoms with Gasteiger partial charge in [0.15, 0.2) is 0 Å². The number of aryl methyl sites for hydroxylation is 1. The summed E-state index contributed by atoms with van der Waals surface area (Å²) in [7, 11) is 1.64. The number of aromatic nitrogens is 2. The maximum Gasteiger partial charge on any atom is 0.252 e. The number of ether oxygens (including phenoxy) is 2. The van der Waals surface area contributed by atoms with Crippen molar-refractivity contribution in [3.63, 3.8) is 0 Å². The van der Waals surface area contributed by atoms with Crippen molar-refractivity contribution in [1.82, 2.24) is 14.9 Å². The Labute approximate surface area is 198 Å². The van der Waals surface area contributed by atoms with E-state index >= 15 is 0 Å². The van der Waals surface area contributed by atoms with Crippen molar-refractivity contribution in [2.45, 2.75) is 19.4 Å². The molecule has 1 aromatic heterocycles. The van der Waals surface area contributed by atoms with Gasteiger partial charge in [-0.05, 0) is 42.8 Å². The highest BCUT2D eigenvalue weighted by atomic mass is 35.5. The number of hydrogen-bond acceptors (Lipinski definition) is 4. The molecule has 170 valence electrons. The Morgan fingerprint density at radius 1 is 1.03 bits per heavy atom. The van der Waals surface area contributed by atoms with Gasteiger partial charge < -0.3 is 19.4 Å². The minimum atomic E-state index is -0.166. The first kappa shape index (κ1) is 22.7. The number of nitrogens with one attached hydrogen (secondary N) is 1. The van der Waals surface area contributed by atoms with Gasteiger partial charge in [0.1, 0.15) is 23.9 Å². The van der Waals surface area contributed by atoms with Crippen molar-refractivity contribution >= 4 is 28.5 Å². The van der Waals surface area contributed by atoms with E-state index in [9.17, 15) is 4.79 Å². The molecule has 1 N–H and O–H groups in total. The highest BCUT2D eigenvalue weighted by molar-refractivity contribution is 6.33. The van der Waals surface area contributed by atoms with Gasteiger partial charge in [0.25, 0.3) is 5.91 Å². The molecule has 4 aromatic rings. The molecule has 4 rings (SSSR count). The van der Waals surface area contributed by atoms with E-state index in [2.05, 4.69) is 16.0 Å². The number of benzene rings is 3. The van der Waals surface area contributed by atoms with Crippen LogP contribution in [0.3, 0.4) is 0 Å². The Bertz CT molecular complexity index is 1240. The van der Waals surface area contributed by atoms with Crippen LogP contribution in [0.4, 0.5) is 0 Å². The lowest BCUT2D eigenvalue weighted by Crippen LogP contribution is -2.25. The molecule has 0 radical (unpaired) electrons. The van der Waals surface area contributed by atoms with Crippen molar-refractivity contribution in [2.75, 3.05) is 20.3 Å². The normalized spacial score (nSPS) is 10.8. The number of fused-ring (bicyclic) bond motifs is 1. The number of halogens is 1. The van der Waals surface area contributed by atoms with Gasteiger partial charge in [0.2, 0.25) is 0 Å². The topological polar surface area (TPSA) is 65.4 Å². The third kappa shape index (κ3) is 5.65. The second kappa shape index (κ2) is 10.9. The minimum Gasteiger partial charge on any atom is -0.497 e. The first-order chi connectivity index (χ1) is 16.2. The molecule has 0 bridgehead atoms. The number of imidazole rings is 1. The van der Waals surface area contributed by atoms with Gasteiger partial charge in [-0.3, -0.25) is 4.79 Å².